The lowest BCUT2D eigenvalue weighted by molar-refractivity contribution is -0.137. The molecule has 0 radical (unpaired) electrons. The Morgan fingerprint density at radius 2 is 1.72 bits per heavy atom. The Morgan fingerprint density at radius 1 is 1.03 bits per heavy atom. The highest BCUT2D eigenvalue weighted by atomic mass is 35.5. The zero-order valence-corrected chi connectivity index (χ0v) is 18.1. The largest absolute Gasteiger partial charge is 0.416 e. The molecule has 3 heterocycles. The monoisotopic (exact) mass is 461 g/mol. The zero-order chi connectivity index (χ0) is 22.5. The highest BCUT2D eigenvalue weighted by molar-refractivity contribution is 6.31. The van der Waals surface area contributed by atoms with Crippen molar-refractivity contribution in [3.8, 4) is 0 Å². The molecule has 2 aromatic carbocycles. The molecule has 1 amide bonds. The first kappa shape index (κ1) is 21.3. The summed E-state index contributed by atoms with van der Waals surface area (Å²) in [6.07, 6.45) is -2.42. The quantitative estimate of drug-likeness (QED) is 0.553. The average Bonchev–Trinajstić information content (AvgIpc) is 3.15. The third kappa shape index (κ3) is 4.11. The summed E-state index contributed by atoms with van der Waals surface area (Å²) in [5.41, 5.74) is 1.95. The van der Waals surface area contributed by atoms with Crippen LogP contribution >= 0.6 is 11.6 Å². The number of likely N-dealkylation sites (tertiary alicyclic amines) is 2. The van der Waals surface area contributed by atoms with Gasteiger partial charge in [0.1, 0.15) is 5.69 Å². The minimum Gasteiger partial charge on any atom is -0.351 e. The highest BCUT2D eigenvalue weighted by Crippen LogP contribution is 2.41. The number of piperidine rings is 1. The second-order valence-corrected chi connectivity index (χ2v) is 9.48. The molecule has 0 bridgehead atoms. The molecule has 0 aliphatic carbocycles. The fraction of sp³-hybridized carbons (Fsp3) is 0.375. The van der Waals surface area contributed by atoms with E-state index in [-0.39, 0.29) is 11.3 Å². The molecule has 2 fully saturated rings. The van der Waals surface area contributed by atoms with Crippen LogP contribution in [-0.2, 0) is 12.7 Å². The van der Waals surface area contributed by atoms with Gasteiger partial charge in [-0.25, -0.2) is 0 Å². The molecular weight excluding hydrogens is 439 g/mol. The molecule has 2 aliphatic rings. The van der Waals surface area contributed by atoms with E-state index in [0.717, 1.165) is 54.5 Å². The first-order chi connectivity index (χ1) is 15.2. The summed E-state index contributed by atoms with van der Waals surface area (Å²) in [6.45, 7) is 3.91. The first-order valence-corrected chi connectivity index (χ1v) is 11.0. The molecule has 5 rings (SSSR count). The molecule has 32 heavy (non-hydrogen) atoms. The Morgan fingerprint density at radius 3 is 2.38 bits per heavy atom. The number of rotatable bonds is 3. The SMILES string of the molecule is O=C(c1cc2cc(Cl)ccc2[nH]1)N1CCC2(CC1)CN(Cc1ccc(C(F)(F)F)cc1)C2. The molecule has 168 valence electrons. The van der Waals surface area contributed by atoms with Crippen molar-refractivity contribution in [2.45, 2.75) is 25.6 Å². The third-order valence-corrected chi connectivity index (χ3v) is 6.97. The van der Waals surface area contributed by atoms with Crippen molar-refractivity contribution < 1.29 is 18.0 Å². The van der Waals surface area contributed by atoms with Gasteiger partial charge in [-0.1, -0.05) is 23.7 Å². The number of nitrogens with zero attached hydrogens (tertiary/aromatic N) is 2. The van der Waals surface area contributed by atoms with Crippen molar-refractivity contribution in [3.63, 3.8) is 0 Å². The molecule has 2 saturated heterocycles. The van der Waals surface area contributed by atoms with E-state index in [9.17, 15) is 18.0 Å². The van der Waals surface area contributed by atoms with E-state index in [4.69, 9.17) is 11.6 Å². The number of H-pyrrole nitrogens is 1. The van der Waals surface area contributed by atoms with Crippen LogP contribution in [0.3, 0.4) is 0 Å². The van der Waals surface area contributed by atoms with Crippen LogP contribution in [0.15, 0.2) is 48.5 Å². The maximum atomic E-state index is 12.9. The van der Waals surface area contributed by atoms with Crippen LogP contribution in [-0.4, -0.2) is 46.9 Å². The van der Waals surface area contributed by atoms with Gasteiger partial charge in [0.05, 0.1) is 5.56 Å². The van der Waals surface area contributed by atoms with Crippen molar-refractivity contribution in [2.75, 3.05) is 26.2 Å². The number of aromatic nitrogens is 1. The summed E-state index contributed by atoms with van der Waals surface area (Å²) in [5, 5.41) is 1.56. The predicted octanol–water partition coefficient (Wildman–Crippen LogP) is 5.58. The smallest absolute Gasteiger partial charge is 0.351 e. The highest BCUT2D eigenvalue weighted by Gasteiger charge is 2.45. The van der Waals surface area contributed by atoms with Gasteiger partial charge in [-0.2, -0.15) is 13.2 Å². The van der Waals surface area contributed by atoms with Crippen molar-refractivity contribution in [3.05, 3.63) is 70.4 Å². The number of halogens is 4. The average molecular weight is 462 g/mol. The number of carbonyl (C=O) groups is 1. The van der Waals surface area contributed by atoms with Gasteiger partial charge < -0.3 is 9.88 Å². The fourth-order valence-corrected chi connectivity index (χ4v) is 5.14. The number of alkyl halides is 3. The molecule has 0 unspecified atom stereocenters. The van der Waals surface area contributed by atoms with Crippen molar-refractivity contribution in [1.82, 2.24) is 14.8 Å². The molecule has 3 aromatic rings. The molecule has 1 N–H and O–H groups in total. The van der Waals surface area contributed by atoms with Gasteiger partial charge in [0, 0.05) is 48.6 Å². The van der Waals surface area contributed by atoms with Crippen molar-refractivity contribution in [2.24, 2.45) is 5.41 Å². The Bertz CT molecular complexity index is 1140. The summed E-state index contributed by atoms with van der Waals surface area (Å²) in [5.74, 6) is 0.00751. The molecule has 1 aromatic heterocycles. The van der Waals surface area contributed by atoms with Gasteiger partial charge in [-0.3, -0.25) is 9.69 Å². The Hall–Kier alpha value is -2.51. The number of fused-ring (bicyclic) bond motifs is 1. The minimum atomic E-state index is -4.30. The number of carbonyl (C=O) groups excluding carboxylic acids is 1. The van der Waals surface area contributed by atoms with Crippen LogP contribution < -0.4 is 0 Å². The van der Waals surface area contributed by atoms with E-state index < -0.39 is 11.7 Å². The van der Waals surface area contributed by atoms with Crippen molar-refractivity contribution >= 4 is 28.4 Å². The summed E-state index contributed by atoms with van der Waals surface area (Å²) >= 11 is 6.04. The summed E-state index contributed by atoms with van der Waals surface area (Å²) in [6, 6.07) is 12.8. The Kier molecular flexibility index (Phi) is 5.21. The van der Waals surface area contributed by atoms with E-state index in [2.05, 4.69) is 9.88 Å². The van der Waals surface area contributed by atoms with Crippen LogP contribution in [0.2, 0.25) is 5.02 Å². The van der Waals surface area contributed by atoms with E-state index in [1.54, 1.807) is 18.2 Å². The zero-order valence-electron chi connectivity index (χ0n) is 17.4. The standard InChI is InChI=1S/C24H23ClF3N3O/c25-19-5-6-20-17(11-19)12-21(29-20)22(32)31-9-7-23(8-10-31)14-30(15-23)13-16-1-3-18(4-2-16)24(26,27)28/h1-6,11-12,29H,7-10,13-15H2. The fourth-order valence-electron chi connectivity index (χ4n) is 4.96. The number of nitrogens with one attached hydrogen (secondary N) is 1. The normalized spacial score (nSPS) is 18.8. The van der Waals surface area contributed by atoms with Crippen LogP contribution in [0.25, 0.3) is 10.9 Å². The van der Waals surface area contributed by atoms with Crippen LogP contribution in [0.4, 0.5) is 13.2 Å². The number of hydrogen-bond acceptors (Lipinski definition) is 2. The van der Waals surface area contributed by atoms with E-state index in [0.29, 0.717) is 30.4 Å². The maximum Gasteiger partial charge on any atom is 0.416 e. The molecular formula is C24H23ClF3N3O. The number of hydrogen-bond donors (Lipinski definition) is 1. The van der Waals surface area contributed by atoms with Gasteiger partial charge in [0.25, 0.3) is 5.91 Å². The predicted molar refractivity (Wildman–Crippen MR) is 118 cm³/mol. The Balaban J connectivity index is 1.14. The van der Waals surface area contributed by atoms with Gasteiger partial charge >= 0.3 is 6.18 Å². The van der Waals surface area contributed by atoms with Crippen LogP contribution in [0, 0.1) is 5.41 Å². The molecule has 2 aliphatic heterocycles. The van der Waals surface area contributed by atoms with Crippen molar-refractivity contribution in [1.29, 1.82) is 0 Å². The second-order valence-electron chi connectivity index (χ2n) is 9.05. The minimum absolute atomic E-state index is 0.00751. The second kappa shape index (κ2) is 7.81. The molecule has 0 atom stereocenters. The van der Waals surface area contributed by atoms with E-state index in [1.807, 2.05) is 23.1 Å². The van der Waals surface area contributed by atoms with Gasteiger partial charge in [0.2, 0.25) is 0 Å². The van der Waals surface area contributed by atoms with Crippen LogP contribution in [0.5, 0.6) is 0 Å². The molecule has 4 nitrogen and oxygen atoms in total. The van der Waals surface area contributed by atoms with Gasteiger partial charge in [0.15, 0.2) is 0 Å². The Labute approximate surface area is 188 Å². The van der Waals surface area contributed by atoms with Gasteiger partial charge in [-0.15, -0.1) is 0 Å². The number of benzene rings is 2. The van der Waals surface area contributed by atoms with Crippen LogP contribution in [0.1, 0.15) is 34.5 Å². The van der Waals surface area contributed by atoms with E-state index in [1.165, 1.54) is 0 Å². The lowest BCUT2D eigenvalue weighted by Gasteiger charge is -2.54. The molecule has 0 saturated carbocycles. The lowest BCUT2D eigenvalue weighted by atomic mass is 9.72. The van der Waals surface area contributed by atoms with E-state index >= 15 is 0 Å². The van der Waals surface area contributed by atoms with Gasteiger partial charge in [-0.05, 0) is 60.2 Å². The summed E-state index contributed by atoms with van der Waals surface area (Å²) < 4.78 is 38.2. The molecule has 1 spiro atoms. The topological polar surface area (TPSA) is 39.3 Å². The molecule has 8 heteroatoms. The summed E-state index contributed by atoms with van der Waals surface area (Å²) in [7, 11) is 0. The summed E-state index contributed by atoms with van der Waals surface area (Å²) in [4.78, 5) is 20.3. The lowest BCUT2D eigenvalue weighted by Crippen LogP contribution is -2.60. The number of aromatic amines is 1. The first-order valence-electron chi connectivity index (χ1n) is 10.7. The third-order valence-electron chi connectivity index (χ3n) is 6.73. The maximum absolute atomic E-state index is 12.9. The number of amides is 1.